The van der Waals surface area contributed by atoms with Gasteiger partial charge in [0.15, 0.2) is 0 Å². The zero-order valence-electron chi connectivity index (χ0n) is 17.7. The summed E-state index contributed by atoms with van der Waals surface area (Å²) >= 11 is 0. The summed E-state index contributed by atoms with van der Waals surface area (Å²) < 4.78 is 11.8. The first-order valence-electron chi connectivity index (χ1n) is 9.87. The molecule has 0 aliphatic rings. The predicted molar refractivity (Wildman–Crippen MR) is 118 cm³/mol. The fourth-order valence-electron chi connectivity index (χ4n) is 3.04. The minimum atomic E-state index is -1.22. The maximum atomic E-state index is 13.1. The van der Waals surface area contributed by atoms with E-state index < -0.39 is 29.1 Å². The molecule has 0 saturated heterocycles. The summed E-state index contributed by atoms with van der Waals surface area (Å²) in [4.78, 5) is 48.7. The fourth-order valence-corrected chi connectivity index (χ4v) is 3.04. The number of aryl methyl sites for hydroxylation is 2. The quantitative estimate of drug-likeness (QED) is 0.521. The number of aromatic amines is 1. The van der Waals surface area contributed by atoms with E-state index in [1.807, 2.05) is 13.0 Å². The Morgan fingerprint density at radius 1 is 1.06 bits per heavy atom. The Morgan fingerprint density at radius 2 is 1.81 bits per heavy atom. The summed E-state index contributed by atoms with van der Waals surface area (Å²) in [5, 5.41) is 5.09. The van der Waals surface area contributed by atoms with Crippen LogP contribution in [-0.4, -0.2) is 28.8 Å². The van der Waals surface area contributed by atoms with Crippen molar-refractivity contribution in [1.82, 2.24) is 9.78 Å². The molecule has 2 aromatic carbocycles. The molecule has 0 radical (unpaired) electrons. The lowest BCUT2D eigenvalue weighted by Crippen LogP contribution is -2.30. The van der Waals surface area contributed by atoms with Gasteiger partial charge in [0.25, 0.3) is 17.0 Å². The number of nitrogens with one attached hydrogen (secondary N) is 2. The van der Waals surface area contributed by atoms with E-state index in [-0.39, 0.29) is 13.0 Å². The van der Waals surface area contributed by atoms with Crippen LogP contribution in [0, 0.1) is 6.92 Å². The van der Waals surface area contributed by atoms with Crippen LogP contribution in [0.25, 0.3) is 0 Å². The number of nitrogens with zero attached hydrogens (tertiary/aromatic N) is 1. The van der Waals surface area contributed by atoms with Crippen LogP contribution in [0.3, 0.4) is 0 Å². The Hall–Kier alpha value is -4.14. The Labute approximate surface area is 183 Å². The van der Waals surface area contributed by atoms with E-state index in [4.69, 9.17) is 9.47 Å². The lowest BCUT2D eigenvalue weighted by atomic mass is 10.1. The van der Waals surface area contributed by atoms with Crippen LogP contribution in [0.15, 0.2) is 70.3 Å². The highest BCUT2D eigenvalue weighted by atomic mass is 16.5. The summed E-state index contributed by atoms with van der Waals surface area (Å²) in [5.74, 6) is -0.796. The molecule has 0 saturated carbocycles. The maximum absolute atomic E-state index is 13.1. The SMILES string of the molecule is COc1ccc(C)cc1NC(=O)C(OC(=O)CCn1[nH]c(=O)ccc1=O)c1ccccc1. The monoisotopic (exact) mass is 437 g/mol. The Bertz CT molecular complexity index is 1220. The molecule has 1 atom stereocenters. The van der Waals surface area contributed by atoms with Crippen molar-refractivity contribution in [2.24, 2.45) is 0 Å². The van der Waals surface area contributed by atoms with Crippen LogP contribution in [0.4, 0.5) is 5.69 Å². The Balaban J connectivity index is 1.77. The molecule has 1 heterocycles. The largest absolute Gasteiger partial charge is 0.495 e. The molecular formula is C23H23N3O6. The minimum absolute atomic E-state index is 0.0947. The van der Waals surface area contributed by atoms with Gasteiger partial charge in [-0.2, -0.15) is 0 Å². The molecule has 166 valence electrons. The summed E-state index contributed by atoms with van der Waals surface area (Å²) in [6.07, 6.45) is -1.44. The number of benzene rings is 2. The zero-order chi connectivity index (χ0) is 23.1. The second-order valence-corrected chi connectivity index (χ2v) is 7.02. The molecule has 32 heavy (non-hydrogen) atoms. The van der Waals surface area contributed by atoms with Crippen LogP contribution < -0.4 is 21.2 Å². The van der Waals surface area contributed by atoms with Crippen molar-refractivity contribution >= 4 is 17.6 Å². The fraction of sp³-hybridized carbons (Fsp3) is 0.217. The second-order valence-electron chi connectivity index (χ2n) is 7.02. The van der Waals surface area contributed by atoms with Gasteiger partial charge in [0.1, 0.15) is 5.75 Å². The minimum Gasteiger partial charge on any atom is -0.495 e. The van der Waals surface area contributed by atoms with Crippen LogP contribution in [-0.2, 0) is 20.9 Å². The van der Waals surface area contributed by atoms with E-state index in [0.717, 1.165) is 22.4 Å². The molecule has 3 aromatic rings. The molecule has 1 aromatic heterocycles. The van der Waals surface area contributed by atoms with Gasteiger partial charge in [-0.15, -0.1) is 0 Å². The van der Waals surface area contributed by atoms with E-state index in [2.05, 4.69) is 10.4 Å². The molecule has 0 aliphatic heterocycles. The van der Waals surface area contributed by atoms with Gasteiger partial charge in [0, 0.05) is 17.7 Å². The van der Waals surface area contributed by atoms with Crippen LogP contribution in [0.1, 0.15) is 23.7 Å². The van der Waals surface area contributed by atoms with Gasteiger partial charge in [0.05, 0.1) is 25.8 Å². The third-order valence-corrected chi connectivity index (χ3v) is 4.63. The normalized spacial score (nSPS) is 11.4. The average molecular weight is 437 g/mol. The third kappa shape index (κ3) is 5.72. The highest BCUT2D eigenvalue weighted by molar-refractivity contribution is 5.97. The van der Waals surface area contributed by atoms with Crippen LogP contribution in [0.5, 0.6) is 5.75 Å². The highest BCUT2D eigenvalue weighted by Crippen LogP contribution is 2.27. The smallest absolute Gasteiger partial charge is 0.308 e. The molecule has 9 nitrogen and oxygen atoms in total. The Kier molecular flexibility index (Phi) is 7.22. The van der Waals surface area contributed by atoms with Gasteiger partial charge in [-0.1, -0.05) is 36.4 Å². The molecule has 0 fully saturated rings. The summed E-state index contributed by atoms with van der Waals surface area (Å²) in [7, 11) is 1.49. The number of amides is 1. The summed E-state index contributed by atoms with van der Waals surface area (Å²) in [6.45, 7) is 1.78. The number of methoxy groups -OCH3 is 1. The van der Waals surface area contributed by atoms with Crippen molar-refractivity contribution in [3.8, 4) is 5.75 Å². The topological polar surface area (TPSA) is 119 Å². The number of rotatable bonds is 8. The number of carbonyl (C=O) groups is 2. The van der Waals surface area contributed by atoms with Crippen molar-refractivity contribution in [2.45, 2.75) is 26.0 Å². The summed E-state index contributed by atoms with van der Waals surface area (Å²) in [6, 6.07) is 16.1. The van der Waals surface area contributed by atoms with Gasteiger partial charge in [-0.25, -0.2) is 4.68 Å². The van der Waals surface area contributed by atoms with E-state index in [9.17, 15) is 19.2 Å². The molecule has 9 heteroatoms. The zero-order valence-corrected chi connectivity index (χ0v) is 17.7. The van der Waals surface area contributed by atoms with Crippen LogP contribution >= 0.6 is 0 Å². The summed E-state index contributed by atoms with van der Waals surface area (Å²) in [5.41, 5.74) is 0.919. The van der Waals surface area contributed by atoms with Crippen molar-refractivity contribution in [3.63, 3.8) is 0 Å². The number of hydrogen-bond acceptors (Lipinski definition) is 6. The predicted octanol–water partition coefficient (Wildman–Crippen LogP) is 2.17. The Morgan fingerprint density at radius 3 is 2.53 bits per heavy atom. The van der Waals surface area contributed by atoms with Gasteiger partial charge in [-0.3, -0.25) is 24.3 Å². The number of aromatic nitrogens is 2. The van der Waals surface area contributed by atoms with E-state index in [0.29, 0.717) is 17.0 Å². The standard InChI is InChI=1S/C23H23N3O6/c1-15-8-9-18(31-2)17(14-15)24-23(30)22(16-6-4-3-5-7-16)32-21(29)12-13-26-20(28)11-10-19(27)25-26/h3-11,14,22H,12-13H2,1-2H3,(H,24,30)(H,25,27). The van der Waals surface area contributed by atoms with Gasteiger partial charge >= 0.3 is 5.97 Å². The van der Waals surface area contributed by atoms with Gasteiger partial charge in [0.2, 0.25) is 6.10 Å². The van der Waals surface area contributed by atoms with E-state index >= 15 is 0 Å². The van der Waals surface area contributed by atoms with Crippen molar-refractivity contribution in [3.05, 3.63) is 92.5 Å². The van der Waals surface area contributed by atoms with Crippen LogP contribution in [0.2, 0.25) is 0 Å². The first kappa shape index (κ1) is 22.5. The first-order chi connectivity index (χ1) is 15.4. The maximum Gasteiger partial charge on any atom is 0.308 e. The molecular weight excluding hydrogens is 414 g/mol. The lowest BCUT2D eigenvalue weighted by molar-refractivity contribution is -0.155. The van der Waals surface area contributed by atoms with Gasteiger partial charge in [-0.05, 0) is 24.6 Å². The number of esters is 1. The number of hydrogen-bond donors (Lipinski definition) is 2. The molecule has 0 aliphatic carbocycles. The number of H-pyrrole nitrogens is 1. The molecule has 0 spiro atoms. The number of anilines is 1. The highest BCUT2D eigenvalue weighted by Gasteiger charge is 2.26. The molecule has 2 N–H and O–H groups in total. The van der Waals surface area contributed by atoms with Crippen molar-refractivity contribution in [1.29, 1.82) is 0 Å². The molecule has 0 bridgehead atoms. The third-order valence-electron chi connectivity index (χ3n) is 4.63. The van der Waals surface area contributed by atoms with Crippen molar-refractivity contribution < 1.29 is 19.1 Å². The van der Waals surface area contributed by atoms with E-state index in [1.165, 1.54) is 7.11 Å². The first-order valence-corrected chi connectivity index (χ1v) is 9.87. The molecule has 1 amide bonds. The molecule has 1 unspecified atom stereocenters. The second kappa shape index (κ2) is 10.3. The van der Waals surface area contributed by atoms with Gasteiger partial charge < -0.3 is 14.8 Å². The average Bonchev–Trinajstić information content (AvgIpc) is 2.78. The lowest BCUT2D eigenvalue weighted by Gasteiger charge is -2.19. The molecule has 3 rings (SSSR count). The van der Waals surface area contributed by atoms with Crippen molar-refractivity contribution in [2.75, 3.05) is 12.4 Å². The number of carbonyl (C=O) groups excluding carboxylic acids is 2. The van der Waals surface area contributed by atoms with E-state index in [1.54, 1.807) is 42.5 Å². The number of ether oxygens (including phenoxy) is 2.